The predicted molar refractivity (Wildman–Crippen MR) is 133 cm³/mol. The Morgan fingerprint density at radius 1 is 0.970 bits per heavy atom. The zero-order valence-electron chi connectivity index (χ0n) is 20.0. The first-order valence-corrected chi connectivity index (χ1v) is 11.6. The molecule has 0 spiro atoms. The van der Waals surface area contributed by atoms with Crippen LogP contribution >= 0.6 is 0 Å². The number of carbonyl (C=O) groups is 2. The van der Waals surface area contributed by atoms with Crippen molar-refractivity contribution in [1.82, 2.24) is 15.1 Å². The summed E-state index contributed by atoms with van der Waals surface area (Å²) in [5.74, 6) is 1.07. The summed E-state index contributed by atoms with van der Waals surface area (Å²) in [6.45, 7) is 8.92. The first kappa shape index (κ1) is 24.2. The van der Waals surface area contributed by atoms with Gasteiger partial charge in [0.1, 0.15) is 5.82 Å². The number of aryl methyl sites for hydroxylation is 2. The highest BCUT2D eigenvalue weighted by Crippen LogP contribution is 2.33. The minimum Gasteiger partial charge on any atom is -0.356 e. The number of nitrogens with one attached hydrogen (secondary N) is 2. The summed E-state index contributed by atoms with van der Waals surface area (Å²) in [7, 11) is 0. The van der Waals surface area contributed by atoms with Crippen molar-refractivity contribution in [2.75, 3.05) is 11.9 Å². The van der Waals surface area contributed by atoms with E-state index >= 15 is 0 Å². The fourth-order valence-electron chi connectivity index (χ4n) is 3.73. The summed E-state index contributed by atoms with van der Waals surface area (Å²) in [6, 6.07) is 18.0. The van der Waals surface area contributed by atoms with E-state index in [1.807, 2.05) is 68.4 Å². The van der Waals surface area contributed by atoms with Gasteiger partial charge in [0.25, 0.3) is 0 Å². The number of aromatic nitrogens is 2. The molecule has 0 aliphatic rings. The lowest BCUT2D eigenvalue weighted by molar-refractivity contribution is -0.121. The van der Waals surface area contributed by atoms with Crippen LogP contribution in [0.3, 0.4) is 0 Å². The molecule has 1 aromatic heterocycles. The van der Waals surface area contributed by atoms with Gasteiger partial charge in [0.05, 0.1) is 11.4 Å². The van der Waals surface area contributed by atoms with Gasteiger partial charge in [-0.2, -0.15) is 5.10 Å². The molecule has 0 unspecified atom stereocenters. The summed E-state index contributed by atoms with van der Waals surface area (Å²) in [6.07, 6.45) is 2.06. The highest BCUT2D eigenvalue weighted by atomic mass is 16.2. The van der Waals surface area contributed by atoms with Crippen molar-refractivity contribution in [3.63, 3.8) is 0 Å². The SMILES string of the molecule is Cc1cccc(-n2nc(C)c(-c3ccccc3)c2NC(=O)CCCC(=O)NCCC(C)C)c1. The van der Waals surface area contributed by atoms with Crippen LogP contribution in [-0.2, 0) is 9.59 Å². The van der Waals surface area contributed by atoms with Crippen molar-refractivity contribution in [3.8, 4) is 16.8 Å². The van der Waals surface area contributed by atoms with E-state index in [1.54, 1.807) is 4.68 Å². The molecule has 0 aliphatic carbocycles. The Bertz CT molecular complexity index is 1090. The van der Waals surface area contributed by atoms with Crippen molar-refractivity contribution in [1.29, 1.82) is 0 Å². The molecule has 6 nitrogen and oxygen atoms in total. The molecule has 0 fully saturated rings. The Labute approximate surface area is 196 Å². The van der Waals surface area contributed by atoms with Crippen molar-refractivity contribution in [2.24, 2.45) is 5.92 Å². The molecule has 0 aliphatic heterocycles. The lowest BCUT2D eigenvalue weighted by atomic mass is 10.1. The van der Waals surface area contributed by atoms with E-state index in [4.69, 9.17) is 5.10 Å². The van der Waals surface area contributed by atoms with Crippen LogP contribution < -0.4 is 10.6 Å². The lowest BCUT2D eigenvalue weighted by Gasteiger charge is -2.12. The standard InChI is InChI=1S/C27H34N4O2/c1-19(2)16-17-28-24(32)14-9-15-25(33)29-27-26(22-11-6-5-7-12-22)21(4)30-31(27)23-13-8-10-20(3)18-23/h5-8,10-13,18-19H,9,14-17H2,1-4H3,(H,28,32)(H,29,33). The molecule has 0 saturated heterocycles. The van der Waals surface area contributed by atoms with E-state index < -0.39 is 0 Å². The highest BCUT2D eigenvalue weighted by Gasteiger charge is 2.20. The van der Waals surface area contributed by atoms with Gasteiger partial charge in [0, 0.05) is 24.9 Å². The molecule has 2 amide bonds. The molecule has 3 rings (SSSR count). The first-order valence-electron chi connectivity index (χ1n) is 11.6. The average Bonchev–Trinajstić information content (AvgIpc) is 3.09. The minimum absolute atomic E-state index is 0.00549. The summed E-state index contributed by atoms with van der Waals surface area (Å²) in [4.78, 5) is 24.9. The Morgan fingerprint density at radius 3 is 2.39 bits per heavy atom. The van der Waals surface area contributed by atoms with E-state index in [2.05, 4.69) is 24.5 Å². The van der Waals surface area contributed by atoms with Gasteiger partial charge in [-0.25, -0.2) is 4.68 Å². The van der Waals surface area contributed by atoms with Crippen molar-refractivity contribution in [3.05, 3.63) is 65.9 Å². The molecular weight excluding hydrogens is 412 g/mol. The van der Waals surface area contributed by atoms with Gasteiger partial charge in [0.15, 0.2) is 0 Å². The number of hydrogen-bond donors (Lipinski definition) is 2. The Kier molecular flexibility index (Phi) is 8.41. The highest BCUT2D eigenvalue weighted by molar-refractivity contribution is 5.95. The first-order chi connectivity index (χ1) is 15.8. The largest absolute Gasteiger partial charge is 0.356 e. The normalized spacial score (nSPS) is 10.9. The molecule has 174 valence electrons. The second-order valence-corrected chi connectivity index (χ2v) is 8.86. The number of rotatable bonds is 10. The third kappa shape index (κ3) is 6.78. The molecule has 2 aromatic carbocycles. The molecule has 33 heavy (non-hydrogen) atoms. The van der Waals surface area contributed by atoms with Crippen molar-refractivity contribution in [2.45, 2.75) is 53.4 Å². The number of carbonyl (C=O) groups excluding carboxylic acids is 2. The Balaban J connectivity index is 1.75. The van der Waals surface area contributed by atoms with E-state index in [-0.39, 0.29) is 18.2 Å². The molecule has 0 bridgehead atoms. The number of benzene rings is 2. The van der Waals surface area contributed by atoms with Gasteiger partial charge in [-0.15, -0.1) is 0 Å². The van der Waals surface area contributed by atoms with Crippen molar-refractivity contribution < 1.29 is 9.59 Å². The number of hydrogen-bond acceptors (Lipinski definition) is 3. The monoisotopic (exact) mass is 446 g/mol. The molecule has 2 N–H and O–H groups in total. The second-order valence-electron chi connectivity index (χ2n) is 8.86. The maximum absolute atomic E-state index is 12.9. The smallest absolute Gasteiger partial charge is 0.225 e. The summed E-state index contributed by atoms with van der Waals surface area (Å²) >= 11 is 0. The molecular formula is C27H34N4O2. The molecule has 0 radical (unpaired) electrons. The van der Waals surface area contributed by atoms with Gasteiger partial charge in [-0.1, -0.05) is 56.3 Å². The maximum Gasteiger partial charge on any atom is 0.225 e. The average molecular weight is 447 g/mol. The zero-order chi connectivity index (χ0) is 23.8. The van der Waals surface area contributed by atoms with Gasteiger partial charge in [-0.05, 0) is 55.9 Å². The number of nitrogens with zero attached hydrogens (tertiary/aromatic N) is 2. The third-order valence-corrected chi connectivity index (χ3v) is 5.48. The van der Waals surface area contributed by atoms with Gasteiger partial charge < -0.3 is 10.6 Å². The maximum atomic E-state index is 12.9. The van der Waals surface area contributed by atoms with E-state index in [9.17, 15) is 9.59 Å². The molecule has 0 saturated carbocycles. The molecule has 6 heteroatoms. The van der Waals surface area contributed by atoms with Crippen LogP contribution in [0.2, 0.25) is 0 Å². The predicted octanol–water partition coefficient (Wildman–Crippen LogP) is 5.43. The van der Waals surface area contributed by atoms with Crippen LogP contribution in [0.4, 0.5) is 5.82 Å². The van der Waals surface area contributed by atoms with Gasteiger partial charge in [-0.3, -0.25) is 9.59 Å². The van der Waals surface area contributed by atoms with E-state index in [1.165, 1.54) is 0 Å². The second kappa shape index (κ2) is 11.5. The zero-order valence-corrected chi connectivity index (χ0v) is 20.0. The van der Waals surface area contributed by atoms with Gasteiger partial charge >= 0.3 is 0 Å². The fourth-order valence-corrected chi connectivity index (χ4v) is 3.73. The summed E-state index contributed by atoms with van der Waals surface area (Å²) in [5.41, 5.74) is 4.73. The van der Waals surface area contributed by atoms with Crippen LogP contribution in [0.1, 0.15) is 50.8 Å². The van der Waals surface area contributed by atoms with Crippen LogP contribution in [0.5, 0.6) is 0 Å². The van der Waals surface area contributed by atoms with Crippen LogP contribution in [0, 0.1) is 19.8 Å². The van der Waals surface area contributed by atoms with E-state index in [0.717, 1.165) is 34.5 Å². The Morgan fingerprint density at radius 2 is 1.70 bits per heavy atom. The topological polar surface area (TPSA) is 76.0 Å². The van der Waals surface area contributed by atoms with Crippen LogP contribution in [0.25, 0.3) is 16.8 Å². The summed E-state index contributed by atoms with van der Waals surface area (Å²) in [5, 5.41) is 10.7. The number of amides is 2. The molecule has 3 aromatic rings. The Hall–Kier alpha value is -3.41. The molecule has 1 heterocycles. The minimum atomic E-state index is -0.129. The number of anilines is 1. The van der Waals surface area contributed by atoms with Crippen molar-refractivity contribution >= 4 is 17.6 Å². The van der Waals surface area contributed by atoms with E-state index in [0.29, 0.717) is 31.1 Å². The van der Waals surface area contributed by atoms with Crippen LogP contribution in [0.15, 0.2) is 54.6 Å². The quantitative estimate of drug-likeness (QED) is 0.436. The van der Waals surface area contributed by atoms with Gasteiger partial charge in [0.2, 0.25) is 11.8 Å². The van der Waals surface area contributed by atoms with Crippen LogP contribution in [-0.4, -0.2) is 28.1 Å². The molecule has 0 atom stereocenters. The lowest BCUT2D eigenvalue weighted by Crippen LogP contribution is -2.25. The third-order valence-electron chi connectivity index (χ3n) is 5.48. The fraction of sp³-hybridized carbons (Fsp3) is 0.370. The summed E-state index contributed by atoms with van der Waals surface area (Å²) < 4.78 is 1.79.